The van der Waals surface area contributed by atoms with E-state index in [0.717, 1.165) is 12.0 Å². The van der Waals surface area contributed by atoms with Crippen LogP contribution >= 0.6 is 0 Å². The van der Waals surface area contributed by atoms with Crippen LogP contribution in [0.1, 0.15) is 49.3 Å². The van der Waals surface area contributed by atoms with Crippen LogP contribution in [0.25, 0.3) is 0 Å². The monoisotopic (exact) mass is 399 g/mol. The number of pyridine rings is 1. The predicted molar refractivity (Wildman–Crippen MR) is 114 cm³/mol. The van der Waals surface area contributed by atoms with E-state index >= 15 is 0 Å². The van der Waals surface area contributed by atoms with Gasteiger partial charge in [-0.25, -0.2) is 0 Å². The van der Waals surface area contributed by atoms with Gasteiger partial charge in [0.2, 0.25) is 0 Å². The summed E-state index contributed by atoms with van der Waals surface area (Å²) in [7, 11) is 0. The number of amides is 2. The molecule has 6 nitrogen and oxygen atoms in total. The molecule has 0 saturated carbocycles. The number of hydrogen-bond acceptors (Lipinski definition) is 4. The average molecular weight is 399 g/mol. The summed E-state index contributed by atoms with van der Waals surface area (Å²) < 4.78 is 0. The first-order valence-electron chi connectivity index (χ1n) is 9.76. The Bertz CT molecular complexity index is 1120. The van der Waals surface area contributed by atoms with Crippen molar-refractivity contribution in [3.63, 3.8) is 0 Å². The Morgan fingerprint density at radius 1 is 0.933 bits per heavy atom. The number of ketones is 1. The molecule has 150 valence electrons. The Morgan fingerprint density at radius 3 is 2.40 bits per heavy atom. The number of aromatic nitrogens is 1. The first kappa shape index (κ1) is 19.5. The highest BCUT2D eigenvalue weighted by Gasteiger charge is 2.23. The third-order valence-corrected chi connectivity index (χ3v) is 5.21. The highest BCUT2D eigenvalue weighted by Crippen LogP contribution is 2.20. The minimum absolute atomic E-state index is 0.0366. The van der Waals surface area contributed by atoms with Crippen molar-refractivity contribution in [2.24, 2.45) is 0 Å². The molecule has 0 saturated heterocycles. The van der Waals surface area contributed by atoms with Crippen LogP contribution < -0.4 is 5.32 Å². The zero-order valence-electron chi connectivity index (χ0n) is 16.6. The maximum Gasteiger partial charge on any atom is 0.272 e. The number of rotatable bonds is 4. The lowest BCUT2D eigenvalue weighted by molar-refractivity contribution is 0.0728. The first-order valence-corrected chi connectivity index (χ1v) is 9.76. The fourth-order valence-corrected chi connectivity index (χ4v) is 3.51. The van der Waals surface area contributed by atoms with Crippen molar-refractivity contribution in [2.45, 2.75) is 19.9 Å². The zero-order valence-corrected chi connectivity index (χ0v) is 16.6. The molecule has 1 aliphatic rings. The number of benzene rings is 2. The summed E-state index contributed by atoms with van der Waals surface area (Å²) in [6.45, 7) is 2.65. The van der Waals surface area contributed by atoms with Gasteiger partial charge in [-0.1, -0.05) is 24.3 Å². The van der Waals surface area contributed by atoms with Crippen molar-refractivity contribution in [2.75, 3.05) is 11.9 Å². The van der Waals surface area contributed by atoms with E-state index in [2.05, 4.69) is 16.4 Å². The fraction of sp³-hybridized carbons (Fsp3) is 0.167. The standard InChI is InChI=1S/C24H21N3O3/c1-16(28)17-6-8-21(9-7-17)26-23(29)19-10-12-25-22(14-19)24(30)27-13-11-18-4-2-3-5-20(18)15-27/h2-10,12,14H,11,13,15H2,1H3,(H,26,29). The highest BCUT2D eigenvalue weighted by atomic mass is 16.2. The minimum atomic E-state index is -0.342. The molecule has 0 radical (unpaired) electrons. The fourth-order valence-electron chi connectivity index (χ4n) is 3.51. The molecule has 3 aromatic rings. The van der Waals surface area contributed by atoms with E-state index in [0.29, 0.717) is 29.9 Å². The molecule has 2 aromatic carbocycles. The number of carbonyl (C=O) groups is 3. The zero-order chi connectivity index (χ0) is 21.1. The van der Waals surface area contributed by atoms with Crippen molar-refractivity contribution in [3.8, 4) is 0 Å². The minimum Gasteiger partial charge on any atom is -0.333 e. The summed E-state index contributed by atoms with van der Waals surface area (Å²) in [4.78, 5) is 42.9. The van der Waals surface area contributed by atoms with Crippen LogP contribution in [-0.4, -0.2) is 34.0 Å². The van der Waals surface area contributed by atoms with Gasteiger partial charge in [-0.15, -0.1) is 0 Å². The molecular weight excluding hydrogens is 378 g/mol. The Kier molecular flexibility index (Phi) is 5.39. The van der Waals surface area contributed by atoms with Gasteiger partial charge in [0.15, 0.2) is 5.78 Å². The summed E-state index contributed by atoms with van der Waals surface area (Å²) >= 11 is 0. The highest BCUT2D eigenvalue weighted by molar-refractivity contribution is 6.06. The lowest BCUT2D eigenvalue weighted by atomic mass is 9.99. The van der Waals surface area contributed by atoms with Crippen LogP contribution in [0.3, 0.4) is 0 Å². The molecule has 2 amide bonds. The molecular formula is C24H21N3O3. The van der Waals surface area contributed by atoms with E-state index in [-0.39, 0.29) is 23.3 Å². The van der Waals surface area contributed by atoms with Crippen LogP contribution in [0.2, 0.25) is 0 Å². The average Bonchev–Trinajstić information content (AvgIpc) is 2.78. The third kappa shape index (κ3) is 4.12. The molecule has 2 heterocycles. The van der Waals surface area contributed by atoms with Crippen LogP contribution in [0, 0.1) is 0 Å². The Hall–Kier alpha value is -3.80. The largest absolute Gasteiger partial charge is 0.333 e. The second-order valence-electron chi connectivity index (χ2n) is 7.26. The molecule has 0 unspecified atom stereocenters. The number of Topliss-reactive ketones (excluding diaryl/α,β-unsaturated/α-hetero) is 1. The van der Waals surface area contributed by atoms with Crippen molar-refractivity contribution < 1.29 is 14.4 Å². The summed E-state index contributed by atoms with van der Waals surface area (Å²) in [6, 6.07) is 17.9. The number of hydrogen-bond donors (Lipinski definition) is 1. The van der Waals surface area contributed by atoms with Crippen molar-refractivity contribution in [1.29, 1.82) is 0 Å². The maximum absolute atomic E-state index is 12.9. The van der Waals surface area contributed by atoms with Crippen molar-refractivity contribution in [3.05, 3.63) is 94.8 Å². The second-order valence-corrected chi connectivity index (χ2v) is 7.26. The summed E-state index contributed by atoms with van der Waals surface area (Å²) in [5, 5.41) is 2.78. The van der Waals surface area contributed by atoms with Gasteiger partial charge >= 0.3 is 0 Å². The summed E-state index contributed by atoms with van der Waals surface area (Å²) in [5.74, 6) is -0.568. The van der Waals surface area contributed by atoms with Gasteiger partial charge in [0.25, 0.3) is 11.8 Å². The Morgan fingerprint density at radius 2 is 1.67 bits per heavy atom. The number of anilines is 1. The van der Waals surface area contributed by atoms with Gasteiger partial charge in [-0.3, -0.25) is 19.4 Å². The van der Waals surface area contributed by atoms with E-state index in [9.17, 15) is 14.4 Å². The van der Waals surface area contributed by atoms with E-state index < -0.39 is 0 Å². The maximum atomic E-state index is 12.9. The molecule has 0 bridgehead atoms. The lowest BCUT2D eigenvalue weighted by Gasteiger charge is -2.28. The van der Waals surface area contributed by atoms with Crippen LogP contribution in [0.15, 0.2) is 66.9 Å². The van der Waals surface area contributed by atoms with E-state index in [1.54, 1.807) is 35.2 Å². The van der Waals surface area contributed by atoms with E-state index in [1.165, 1.54) is 24.8 Å². The van der Waals surface area contributed by atoms with Crippen LogP contribution in [-0.2, 0) is 13.0 Å². The molecule has 1 aliphatic heterocycles. The van der Waals surface area contributed by atoms with Gasteiger partial charge in [0, 0.05) is 36.1 Å². The van der Waals surface area contributed by atoms with Gasteiger partial charge in [0.1, 0.15) is 5.69 Å². The first-order chi connectivity index (χ1) is 14.5. The Balaban J connectivity index is 1.47. The molecule has 30 heavy (non-hydrogen) atoms. The normalized spacial score (nSPS) is 12.8. The topological polar surface area (TPSA) is 79.4 Å². The second kappa shape index (κ2) is 8.29. The van der Waals surface area contributed by atoms with Gasteiger partial charge in [-0.05, 0) is 60.9 Å². The smallest absolute Gasteiger partial charge is 0.272 e. The lowest BCUT2D eigenvalue weighted by Crippen LogP contribution is -2.36. The predicted octanol–water partition coefficient (Wildman–Crippen LogP) is 3.74. The molecule has 4 rings (SSSR count). The third-order valence-electron chi connectivity index (χ3n) is 5.21. The molecule has 0 spiro atoms. The molecule has 0 aliphatic carbocycles. The van der Waals surface area contributed by atoms with Crippen LogP contribution in [0.4, 0.5) is 5.69 Å². The summed E-state index contributed by atoms with van der Waals surface area (Å²) in [5.41, 5.74) is 4.14. The van der Waals surface area contributed by atoms with Gasteiger partial charge in [-0.2, -0.15) is 0 Å². The van der Waals surface area contributed by atoms with Crippen molar-refractivity contribution in [1.82, 2.24) is 9.88 Å². The number of nitrogens with one attached hydrogen (secondary N) is 1. The Labute approximate surface area is 174 Å². The number of carbonyl (C=O) groups excluding carboxylic acids is 3. The van der Waals surface area contributed by atoms with Crippen molar-refractivity contribution >= 4 is 23.3 Å². The number of fused-ring (bicyclic) bond motifs is 1. The van der Waals surface area contributed by atoms with Gasteiger partial charge < -0.3 is 10.2 Å². The molecule has 0 atom stereocenters. The van der Waals surface area contributed by atoms with Gasteiger partial charge in [0.05, 0.1) is 0 Å². The molecule has 6 heteroatoms. The summed E-state index contributed by atoms with van der Waals surface area (Å²) in [6.07, 6.45) is 2.28. The van der Waals surface area contributed by atoms with Crippen LogP contribution in [0.5, 0.6) is 0 Å². The van der Waals surface area contributed by atoms with E-state index in [4.69, 9.17) is 0 Å². The SMILES string of the molecule is CC(=O)c1ccc(NC(=O)c2ccnc(C(=O)N3CCc4ccccc4C3)c2)cc1. The molecule has 1 aromatic heterocycles. The quantitative estimate of drug-likeness (QED) is 0.678. The number of nitrogens with zero attached hydrogens (tertiary/aromatic N) is 2. The molecule has 0 fully saturated rings. The molecule has 1 N–H and O–H groups in total. The van der Waals surface area contributed by atoms with E-state index in [1.807, 2.05) is 18.2 Å².